The molecular weight excluding hydrogens is 301 g/mol. The minimum absolute atomic E-state index is 0.00762. The van der Waals surface area contributed by atoms with Crippen LogP contribution in [-0.2, 0) is 19.6 Å². The van der Waals surface area contributed by atoms with E-state index < -0.39 is 20.9 Å². The Morgan fingerprint density at radius 2 is 2.14 bits per heavy atom. The second-order valence-electron chi connectivity index (χ2n) is 4.43. The van der Waals surface area contributed by atoms with Crippen molar-refractivity contribution in [2.24, 2.45) is 0 Å². The van der Waals surface area contributed by atoms with Gasteiger partial charge in [-0.05, 0) is 12.1 Å². The number of amides is 1. The number of ether oxygens (including phenoxy) is 1. The maximum Gasteiger partial charge on any atom is 0.261 e. The van der Waals surface area contributed by atoms with Crippen molar-refractivity contribution in [3.63, 3.8) is 0 Å². The molecule has 1 saturated heterocycles. The number of carbonyl (C=O) groups excluding carboxylic acids is 1. The molecule has 1 amide bonds. The van der Waals surface area contributed by atoms with Crippen LogP contribution in [0.25, 0.3) is 0 Å². The molecule has 1 aliphatic rings. The van der Waals surface area contributed by atoms with E-state index in [1.54, 1.807) is 4.90 Å². The van der Waals surface area contributed by atoms with Gasteiger partial charge >= 0.3 is 0 Å². The highest BCUT2D eigenvalue weighted by molar-refractivity contribution is 7.89. The van der Waals surface area contributed by atoms with Gasteiger partial charge in [0.25, 0.3) is 10.0 Å². The third-order valence-electron chi connectivity index (χ3n) is 2.97. The zero-order chi connectivity index (χ0) is 15.3. The van der Waals surface area contributed by atoms with Crippen LogP contribution >= 0.6 is 0 Å². The Hall–Kier alpha value is -1.58. The molecule has 0 spiro atoms. The summed E-state index contributed by atoms with van der Waals surface area (Å²) in [5.41, 5.74) is 0. The third-order valence-corrected chi connectivity index (χ3v) is 4.37. The van der Waals surface area contributed by atoms with Gasteiger partial charge in [0.2, 0.25) is 10.9 Å². The summed E-state index contributed by atoms with van der Waals surface area (Å²) in [5.74, 6) is -1.09. The van der Waals surface area contributed by atoms with Gasteiger partial charge in [-0.2, -0.15) is 0 Å². The third kappa shape index (κ3) is 4.19. The fourth-order valence-corrected chi connectivity index (χ4v) is 2.93. The predicted molar refractivity (Wildman–Crippen MR) is 71.4 cm³/mol. The maximum atomic E-state index is 13.4. The average Bonchev–Trinajstić information content (AvgIpc) is 2.48. The number of pyridine rings is 1. The topological polar surface area (TPSA) is 88.6 Å². The van der Waals surface area contributed by atoms with E-state index in [-0.39, 0.29) is 18.9 Å². The van der Waals surface area contributed by atoms with Gasteiger partial charge in [-0.1, -0.05) is 0 Å². The molecular formula is C12H16FN3O4S. The molecule has 0 atom stereocenters. The van der Waals surface area contributed by atoms with Crippen LogP contribution in [-0.4, -0.2) is 57.1 Å². The van der Waals surface area contributed by atoms with Gasteiger partial charge in [-0.15, -0.1) is 0 Å². The highest BCUT2D eigenvalue weighted by atomic mass is 32.2. The fourth-order valence-electron chi connectivity index (χ4n) is 1.90. The summed E-state index contributed by atoms with van der Waals surface area (Å²) in [7, 11) is -4.05. The van der Waals surface area contributed by atoms with Crippen molar-refractivity contribution in [2.45, 2.75) is 11.4 Å². The first-order chi connectivity index (χ1) is 10.0. The second-order valence-corrected chi connectivity index (χ2v) is 6.11. The van der Waals surface area contributed by atoms with E-state index in [0.717, 1.165) is 6.07 Å². The lowest BCUT2D eigenvalue weighted by atomic mass is 10.3. The molecule has 1 aromatic heterocycles. The predicted octanol–water partition coefficient (Wildman–Crippen LogP) is -0.252. The highest BCUT2D eigenvalue weighted by Gasteiger charge is 2.21. The Morgan fingerprint density at radius 3 is 2.81 bits per heavy atom. The average molecular weight is 317 g/mol. The Bertz CT molecular complexity index is 602. The van der Waals surface area contributed by atoms with Gasteiger partial charge in [-0.25, -0.2) is 22.5 Å². The summed E-state index contributed by atoms with van der Waals surface area (Å²) < 4.78 is 44.4. The molecule has 116 valence electrons. The summed E-state index contributed by atoms with van der Waals surface area (Å²) >= 11 is 0. The van der Waals surface area contributed by atoms with Crippen molar-refractivity contribution in [1.82, 2.24) is 14.6 Å². The Balaban J connectivity index is 1.88. The zero-order valence-electron chi connectivity index (χ0n) is 11.3. The molecule has 9 heteroatoms. The van der Waals surface area contributed by atoms with Gasteiger partial charge in [0.05, 0.1) is 13.2 Å². The number of morpholine rings is 1. The lowest BCUT2D eigenvalue weighted by Crippen LogP contribution is -2.42. The molecule has 0 radical (unpaired) electrons. The van der Waals surface area contributed by atoms with Crippen molar-refractivity contribution < 1.29 is 22.3 Å². The number of aromatic nitrogens is 1. The summed E-state index contributed by atoms with van der Waals surface area (Å²) in [6.07, 6.45) is 1.20. The van der Waals surface area contributed by atoms with Crippen molar-refractivity contribution >= 4 is 15.9 Å². The molecule has 1 aliphatic heterocycles. The van der Waals surface area contributed by atoms with E-state index in [1.165, 1.54) is 12.3 Å². The van der Waals surface area contributed by atoms with Crippen molar-refractivity contribution in [2.75, 3.05) is 32.8 Å². The van der Waals surface area contributed by atoms with Crippen LogP contribution in [0.4, 0.5) is 4.39 Å². The lowest BCUT2D eigenvalue weighted by Gasteiger charge is -2.26. The highest BCUT2D eigenvalue weighted by Crippen LogP contribution is 2.09. The maximum absolute atomic E-state index is 13.4. The summed E-state index contributed by atoms with van der Waals surface area (Å²) in [6, 6.07) is 2.32. The van der Waals surface area contributed by atoms with Gasteiger partial charge < -0.3 is 9.64 Å². The number of nitrogens with one attached hydrogen (secondary N) is 1. The van der Waals surface area contributed by atoms with Crippen LogP contribution in [0.1, 0.15) is 6.42 Å². The SMILES string of the molecule is O=C(CCNS(=O)(=O)c1ncccc1F)N1CCOCC1. The molecule has 1 N–H and O–H groups in total. The Kier molecular flexibility index (Phi) is 5.21. The van der Waals surface area contributed by atoms with Crippen LogP contribution in [0.15, 0.2) is 23.4 Å². The van der Waals surface area contributed by atoms with Gasteiger partial charge in [0.15, 0.2) is 5.82 Å². The molecule has 0 aliphatic carbocycles. The fraction of sp³-hybridized carbons (Fsp3) is 0.500. The van der Waals surface area contributed by atoms with E-state index in [1.807, 2.05) is 0 Å². The first-order valence-corrected chi connectivity index (χ1v) is 7.95. The first kappa shape index (κ1) is 15.8. The summed E-state index contributed by atoms with van der Waals surface area (Å²) in [5, 5.41) is -0.663. The van der Waals surface area contributed by atoms with Crippen LogP contribution in [0.2, 0.25) is 0 Å². The quantitative estimate of drug-likeness (QED) is 0.809. The molecule has 7 nitrogen and oxygen atoms in total. The molecule has 2 rings (SSSR count). The van der Waals surface area contributed by atoms with Gasteiger partial charge in [-0.3, -0.25) is 4.79 Å². The number of sulfonamides is 1. The normalized spacial score (nSPS) is 16.0. The van der Waals surface area contributed by atoms with Crippen LogP contribution in [0.5, 0.6) is 0 Å². The van der Waals surface area contributed by atoms with E-state index >= 15 is 0 Å². The first-order valence-electron chi connectivity index (χ1n) is 6.46. The number of hydrogen-bond acceptors (Lipinski definition) is 5. The largest absolute Gasteiger partial charge is 0.378 e. The molecule has 1 fully saturated rings. The Morgan fingerprint density at radius 1 is 1.43 bits per heavy atom. The number of nitrogens with zero attached hydrogens (tertiary/aromatic N) is 2. The number of halogens is 1. The Labute approximate surface area is 122 Å². The van der Waals surface area contributed by atoms with Crippen LogP contribution in [0, 0.1) is 5.82 Å². The molecule has 21 heavy (non-hydrogen) atoms. The van der Waals surface area contributed by atoms with Crippen molar-refractivity contribution in [1.29, 1.82) is 0 Å². The van der Waals surface area contributed by atoms with E-state index in [0.29, 0.717) is 26.3 Å². The van der Waals surface area contributed by atoms with Gasteiger partial charge in [0, 0.05) is 32.3 Å². The second kappa shape index (κ2) is 6.92. The van der Waals surface area contributed by atoms with Crippen LogP contribution < -0.4 is 4.72 Å². The lowest BCUT2D eigenvalue weighted by molar-refractivity contribution is -0.135. The van der Waals surface area contributed by atoms with Gasteiger partial charge in [0.1, 0.15) is 0 Å². The van der Waals surface area contributed by atoms with Crippen molar-refractivity contribution in [3.05, 3.63) is 24.1 Å². The van der Waals surface area contributed by atoms with Crippen molar-refractivity contribution in [3.8, 4) is 0 Å². The number of rotatable bonds is 5. The molecule has 0 unspecified atom stereocenters. The molecule has 0 aromatic carbocycles. The molecule has 1 aromatic rings. The molecule has 0 bridgehead atoms. The van der Waals surface area contributed by atoms with Crippen LogP contribution in [0.3, 0.4) is 0 Å². The molecule has 2 heterocycles. The summed E-state index contributed by atoms with van der Waals surface area (Å²) in [4.78, 5) is 16.9. The van der Waals surface area contributed by atoms with E-state index in [4.69, 9.17) is 4.74 Å². The summed E-state index contributed by atoms with van der Waals surface area (Å²) in [6.45, 7) is 1.86. The smallest absolute Gasteiger partial charge is 0.261 e. The number of carbonyl (C=O) groups is 1. The minimum Gasteiger partial charge on any atom is -0.378 e. The monoisotopic (exact) mass is 317 g/mol. The molecule has 0 saturated carbocycles. The van der Waals surface area contributed by atoms with E-state index in [2.05, 4.69) is 9.71 Å². The zero-order valence-corrected chi connectivity index (χ0v) is 12.1. The van der Waals surface area contributed by atoms with E-state index in [9.17, 15) is 17.6 Å². The minimum atomic E-state index is -4.05. The standard InChI is InChI=1S/C12H16FN3O4S/c13-10-2-1-4-14-12(10)21(18,19)15-5-3-11(17)16-6-8-20-9-7-16/h1-2,4,15H,3,5-9H2. The number of hydrogen-bond donors (Lipinski definition) is 1.